The van der Waals surface area contributed by atoms with Crippen LogP contribution in [0.2, 0.25) is 0 Å². The number of ether oxygens (including phenoxy) is 1. The average Bonchev–Trinajstić information content (AvgIpc) is 2.65. The number of hydrogen-bond acceptors (Lipinski definition) is 3. The van der Waals surface area contributed by atoms with Gasteiger partial charge in [0.25, 0.3) is 5.91 Å². The highest BCUT2D eigenvalue weighted by atomic mass is 19.1. The first kappa shape index (κ1) is 16.5. The van der Waals surface area contributed by atoms with Crippen LogP contribution in [-0.4, -0.2) is 24.0 Å². The maximum Gasteiger partial charge on any atom is 0.252 e. The molecule has 3 aromatic rings. The van der Waals surface area contributed by atoms with Crippen molar-refractivity contribution in [2.75, 3.05) is 13.2 Å². The lowest BCUT2D eigenvalue weighted by atomic mass is 9.96. The maximum atomic E-state index is 13.5. The van der Waals surface area contributed by atoms with Gasteiger partial charge in [0.1, 0.15) is 11.6 Å². The molecule has 1 unspecified atom stereocenters. The van der Waals surface area contributed by atoms with Crippen molar-refractivity contribution in [3.05, 3.63) is 71.2 Å². The number of para-hydroxylation sites is 1. The topological polar surface area (TPSA) is 51.2 Å². The smallest absolute Gasteiger partial charge is 0.252 e. The number of benzene rings is 2. The number of aryl methyl sites for hydroxylation is 1. The van der Waals surface area contributed by atoms with E-state index in [1.165, 1.54) is 17.7 Å². The van der Waals surface area contributed by atoms with Crippen molar-refractivity contribution in [1.29, 1.82) is 0 Å². The molecule has 1 aromatic heterocycles. The fourth-order valence-electron chi connectivity index (χ4n) is 3.38. The van der Waals surface area contributed by atoms with Crippen LogP contribution in [-0.2, 0) is 6.42 Å². The van der Waals surface area contributed by atoms with E-state index in [0.717, 1.165) is 12.2 Å². The predicted molar refractivity (Wildman–Crippen MR) is 97.9 cm³/mol. The molecule has 4 rings (SSSR count). The van der Waals surface area contributed by atoms with Crippen LogP contribution in [0.25, 0.3) is 10.9 Å². The molecule has 2 aromatic carbocycles. The number of hydrogen-bond donors (Lipinski definition) is 1. The minimum atomic E-state index is -0.361. The van der Waals surface area contributed by atoms with Crippen LogP contribution in [0.3, 0.4) is 0 Å². The normalized spacial score (nSPS) is 16.0. The zero-order valence-corrected chi connectivity index (χ0v) is 14.5. The number of nitrogens with one attached hydrogen (secondary N) is 1. The summed E-state index contributed by atoms with van der Waals surface area (Å²) >= 11 is 0. The Morgan fingerprint density at radius 3 is 3.00 bits per heavy atom. The Balaban J connectivity index is 1.50. The first-order valence-corrected chi connectivity index (χ1v) is 8.66. The summed E-state index contributed by atoms with van der Waals surface area (Å²) in [6.07, 6.45) is 0.873. The van der Waals surface area contributed by atoms with Crippen LogP contribution in [0.15, 0.2) is 48.5 Å². The van der Waals surface area contributed by atoms with Crippen LogP contribution in [0.1, 0.15) is 21.6 Å². The van der Waals surface area contributed by atoms with Crippen molar-refractivity contribution >= 4 is 16.8 Å². The van der Waals surface area contributed by atoms with Gasteiger partial charge in [0.15, 0.2) is 0 Å². The molecule has 132 valence electrons. The van der Waals surface area contributed by atoms with Gasteiger partial charge >= 0.3 is 0 Å². The number of carbonyl (C=O) groups excluding carboxylic acids is 1. The number of rotatable bonds is 3. The number of pyridine rings is 1. The largest absolute Gasteiger partial charge is 0.493 e. The van der Waals surface area contributed by atoms with Crippen molar-refractivity contribution in [1.82, 2.24) is 10.3 Å². The van der Waals surface area contributed by atoms with Crippen molar-refractivity contribution in [3.8, 4) is 5.75 Å². The van der Waals surface area contributed by atoms with Gasteiger partial charge in [-0.25, -0.2) is 4.39 Å². The average molecular weight is 350 g/mol. The standard InChI is InChI=1S/C21H19FN2O2/c1-13-8-18(17-7-6-16(22)10-19(17)24-13)21(25)23-11-14-9-15-4-2-3-5-20(15)26-12-14/h2-8,10,14H,9,11-12H2,1H3,(H,23,25). The fourth-order valence-corrected chi connectivity index (χ4v) is 3.38. The molecule has 0 radical (unpaired) electrons. The third-order valence-corrected chi connectivity index (χ3v) is 4.65. The minimum Gasteiger partial charge on any atom is -0.493 e. The van der Waals surface area contributed by atoms with Gasteiger partial charge in [0.2, 0.25) is 0 Å². The Hall–Kier alpha value is -2.95. The second-order valence-corrected chi connectivity index (χ2v) is 6.67. The van der Waals surface area contributed by atoms with Crippen molar-refractivity contribution in [2.45, 2.75) is 13.3 Å². The Kier molecular flexibility index (Phi) is 4.29. The molecule has 0 saturated carbocycles. The summed E-state index contributed by atoms with van der Waals surface area (Å²) in [4.78, 5) is 17.0. The third-order valence-electron chi connectivity index (χ3n) is 4.65. The molecule has 0 fully saturated rings. The summed E-state index contributed by atoms with van der Waals surface area (Å²) in [6, 6.07) is 14.0. The third kappa shape index (κ3) is 3.25. The highest BCUT2D eigenvalue weighted by molar-refractivity contribution is 6.06. The first-order valence-electron chi connectivity index (χ1n) is 8.66. The summed E-state index contributed by atoms with van der Waals surface area (Å²) in [5, 5.41) is 3.65. The molecule has 26 heavy (non-hydrogen) atoms. The summed E-state index contributed by atoms with van der Waals surface area (Å²) < 4.78 is 19.2. The quantitative estimate of drug-likeness (QED) is 0.784. The number of fused-ring (bicyclic) bond motifs is 2. The SMILES string of the molecule is Cc1cc(C(=O)NCC2COc3ccccc3C2)c2ccc(F)cc2n1. The number of halogens is 1. The van der Waals surface area contributed by atoms with Gasteiger partial charge in [-0.3, -0.25) is 9.78 Å². The van der Waals surface area contributed by atoms with E-state index in [1.807, 2.05) is 18.2 Å². The number of amides is 1. The molecular formula is C21H19FN2O2. The molecule has 5 heteroatoms. The highest BCUT2D eigenvalue weighted by Crippen LogP contribution is 2.26. The van der Waals surface area contributed by atoms with E-state index in [1.54, 1.807) is 19.1 Å². The van der Waals surface area contributed by atoms with Crippen LogP contribution in [0, 0.1) is 18.7 Å². The lowest BCUT2D eigenvalue weighted by molar-refractivity contribution is 0.0940. The highest BCUT2D eigenvalue weighted by Gasteiger charge is 2.21. The lowest BCUT2D eigenvalue weighted by Crippen LogP contribution is -2.35. The van der Waals surface area contributed by atoms with Gasteiger partial charge in [-0.15, -0.1) is 0 Å². The van der Waals surface area contributed by atoms with E-state index < -0.39 is 0 Å². The van der Waals surface area contributed by atoms with Gasteiger partial charge in [-0.05, 0) is 43.2 Å². The van der Waals surface area contributed by atoms with E-state index in [0.29, 0.717) is 35.3 Å². The number of nitrogens with zero attached hydrogens (tertiary/aromatic N) is 1. The number of carbonyl (C=O) groups is 1. The molecule has 1 amide bonds. The van der Waals surface area contributed by atoms with Crippen LogP contribution in [0.5, 0.6) is 5.75 Å². The molecule has 2 heterocycles. The van der Waals surface area contributed by atoms with Gasteiger partial charge in [0.05, 0.1) is 17.7 Å². The van der Waals surface area contributed by atoms with Crippen LogP contribution in [0.4, 0.5) is 4.39 Å². The van der Waals surface area contributed by atoms with Gasteiger partial charge in [0, 0.05) is 29.6 Å². The molecule has 1 N–H and O–H groups in total. The van der Waals surface area contributed by atoms with Crippen molar-refractivity contribution in [2.24, 2.45) is 5.92 Å². The summed E-state index contributed by atoms with van der Waals surface area (Å²) in [7, 11) is 0. The van der Waals surface area contributed by atoms with E-state index in [2.05, 4.69) is 16.4 Å². The first-order chi connectivity index (χ1) is 12.6. The lowest BCUT2D eigenvalue weighted by Gasteiger charge is -2.25. The molecule has 0 spiro atoms. The zero-order chi connectivity index (χ0) is 18.1. The Bertz CT molecular complexity index is 982. The summed E-state index contributed by atoms with van der Waals surface area (Å²) in [5.74, 6) is 0.610. The zero-order valence-electron chi connectivity index (χ0n) is 14.5. The Labute approximate surface area is 151 Å². The minimum absolute atomic E-state index is 0.175. The Morgan fingerprint density at radius 2 is 2.12 bits per heavy atom. The van der Waals surface area contributed by atoms with Crippen molar-refractivity contribution in [3.63, 3.8) is 0 Å². The summed E-state index contributed by atoms with van der Waals surface area (Å²) in [5.41, 5.74) is 2.86. The maximum absolute atomic E-state index is 13.5. The molecule has 1 atom stereocenters. The summed E-state index contributed by atoms with van der Waals surface area (Å²) in [6.45, 7) is 2.91. The molecule has 0 saturated heterocycles. The van der Waals surface area contributed by atoms with Gasteiger partial charge < -0.3 is 10.1 Å². The van der Waals surface area contributed by atoms with E-state index in [4.69, 9.17) is 4.74 Å². The monoisotopic (exact) mass is 350 g/mol. The Morgan fingerprint density at radius 1 is 1.27 bits per heavy atom. The van der Waals surface area contributed by atoms with E-state index in [-0.39, 0.29) is 17.6 Å². The van der Waals surface area contributed by atoms with Crippen LogP contribution < -0.4 is 10.1 Å². The second kappa shape index (κ2) is 6.75. The van der Waals surface area contributed by atoms with Gasteiger partial charge in [-0.2, -0.15) is 0 Å². The molecular weight excluding hydrogens is 331 g/mol. The molecule has 0 bridgehead atoms. The fraction of sp³-hybridized carbons (Fsp3) is 0.238. The van der Waals surface area contributed by atoms with Crippen LogP contribution >= 0.6 is 0 Å². The van der Waals surface area contributed by atoms with E-state index in [9.17, 15) is 9.18 Å². The predicted octanol–water partition coefficient (Wildman–Crippen LogP) is 3.66. The van der Waals surface area contributed by atoms with Gasteiger partial charge in [-0.1, -0.05) is 18.2 Å². The molecule has 0 aliphatic carbocycles. The second-order valence-electron chi connectivity index (χ2n) is 6.67. The number of aromatic nitrogens is 1. The molecule has 1 aliphatic heterocycles. The van der Waals surface area contributed by atoms with Crippen molar-refractivity contribution < 1.29 is 13.9 Å². The van der Waals surface area contributed by atoms with E-state index >= 15 is 0 Å². The molecule has 1 aliphatic rings. The molecule has 4 nitrogen and oxygen atoms in total.